The van der Waals surface area contributed by atoms with Gasteiger partial charge in [-0.25, -0.2) is 8.42 Å². The molecule has 0 fully saturated rings. The second-order valence-electron chi connectivity index (χ2n) is 10.1. The molecular formula is C31H38ClN3O5S. The number of hydrogen-bond donors (Lipinski definition) is 1. The first-order valence-electron chi connectivity index (χ1n) is 13.5. The summed E-state index contributed by atoms with van der Waals surface area (Å²) < 4.78 is 34.3. The lowest BCUT2D eigenvalue weighted by Gasteiger charge is -2.32. The molecule has 220 valence electrons. The molecule has 0 saturated heterocycles. The monoisotopic (exact) mass is 599 g/mol. The minimum atomic E-state index is -4.17. The Labute approximate surface area is 248 Å². The number of ether oxygens (including phenoxy) is 1. The van der Waals surface area contributed by atoms with Crippen LogP contribution in [0.2, 0.25) is 5.02 Å². The smallest absolute Gasteiger partial charge is 0.264 e. The molecule has 0 spiro atoms. The van der Waals surface area contributed by atoms with E-state index >= 15 is 0 Å². The van der Waals surface area contributed by atoms with Crippen molar-refractivity contribution in [3.05, 3.63) is 88.4 Å². The Bertz CT molecular complexity index is 1480. The second kappa shape index (κ2) is 13.9. The van der Waals surface area contributed by atoms with Crippen LogP contribution in [0.4, 0.5) is 5.69 Å². The maximum absolute atomic E-state index is 14.0. The van der Waals surface area contributed by atoms with Gasteiger partial charge in [-0.1, -0.05) is 54.4 Å². The highest BCUT2D eigenvalue weighted by Crippen LogP contribution is 2.29. The summed E-state index contributed by atoms with van der Waals surface area (Å²) >= 11 is 6.38. The van der Waals surface area contributed by atoms with Crippen LogP contribution >= 0.6 is 11.6 Å². The number of halogens is 1. The van der Waals surface area contributed by atoms with E-state index in [1.807, 2.05) is 33.8 Å². The van der Waals surface area contributed by atoms with Crippen LogP contribution < -0.4 is 14.4 Å². The standard InChI is InChI=1S/C31H38ClN3O5S/c1-7-23(4)33-31(37)24(5)34(19-25-9-8-10-27(17-25)40-6)30(36)20-35(26-14-13-22(3)29(32)18-26)41(38,39)28-15-11-21(2)12-16-28/h8-18,23-24H,7,19-20H2,1-6H3,(H,33,37)/t23-,24-/m0/s1. The molecule has 0 aliphatic carbocycles. The van der Waals surface area contributed by atoms with Crippen LogP contribution in [-0.2, 0) is 26.2 Å². The van der Waals surface area contributed by atoms with Gasteiger partial charge in [0.25, 0.3) is 10.0 Å². The predicted octanol–water partition coefficient (Wildman–Crippen LogP) is 5.49. The van der Waals surface area contributed by atoms with Gasteiger partial charge in [-0.15, -0.1) is 0 Å². The molecule has 3 aromatic rings. The number of sulfonamides is 1. The minimum absolute atomic E-state index is 0.0366. The molecule has 0 radical (unpaired) electrons. The third-order valence-electron chi connectivity index (χ3n) is 6.99. The average molecular weight is 600 g/mol. The highest BCUT2D eigenvalue weighted by Gasteiger charge is 2.33. The summed E-state index contributed by atoms with van der Waals surface area (Å²) in [5, 5.41) is 3.30. The Hall–Kier alpha value is -3.56. The summed E-state index contributed by atoms with van der Waals surface area (Å²) in [5.74, 6) is -0.279. The molecule has 0 heterocycles. The van der Waals surface area contributed by atoms with Crippen molar-refractivity contribution in [3.8, 4) is 5.75 Å². The fourth-order valence-electron chi connectivity index (χ4n) is 4.12. The number of carbonyl (C=O) groups excluding carboxylic acids is 2. The molecule has 2 atom stereocenters. The number of hydrogen-bond acceptors (Lipinski definition) is 5. The van der Waals surface area contributed by atoms with Crippen LogP contribution in [0.1, 0.15) is 43.9 Å². The van der Waals surface area contributed by atoms with Crippen LogP contribution in [0.3, 0.4) is 0 Å². The molecule has 0 unspecified atom stereocenters. The van der Waals surface area contributed by atoms with Gasteiger partial charge in [-0.3, -0.25) is 13.9 Å². The van der Waals surface area contributed by atoms with E-state index in [9.17, 15) is 18.0 Å². The van der Waals surface area contributed by atoms with Crippen LogP contribution in [-0.4, -0.2) is 50.9 Å². The van der Waals surface area contributed by atoms with Crippen molar-refractivity contribution in [1.82, 2.24) is 10.2 Å². The molecule has 0 aromatic heterocycles. The highest BCUT2D eigenvalue weighted by atomic mass is 35.5. The quantitative estimate of drug-likeness (QED) is 0.297. The normalized spacial score (nSPS) is 12.8. The lowest BCUT2D eigenvalue weighted by atomic mass is 10.1. The van der Waals surface area contributed by atoms with Gasteiger partial charge in [0.1, 0.15) is 18.3 Å². The molecule has 0 saturated carbocycles. The fourth-order valence-corrected chi connectivity index (χ4v) is 5.70. The molecule has 0 aliphatic rings. The maximum Gasteiger partial charge on any atom is 0.264 e. The minimum Gasteiger partial charge on any atom is -0.497 e. The number of rotatable bonds is 12. The van der Waals surface area contributed by atoms with E-state index in [0.717, 1.165) is 27.4 Å². The molecule has 0 aliphatic heterocycles. The Kier molecular flexibility index (Phi) is 10.8. The second-order valence-corrected chi connectivity index (χ2v) is 12.4. The Morgan fingerprint density at radius 1 is 1.00 bits per heavy atom. The van der Waals surface area contributed by atoms with Crippen LogP contribution in [0.25, 0.3) is 0 Å². The van der Waals surface area contributed by atoms with Gasteiger partial charge in [0.15, 0.2) is 0 Å². The molecule has 10 heteroatoms. The van der Waals surface area contributed by atoms with Crippen molar-refractivity contribution < 1.29 is 22.7 Å². The van der Waals surface area contributed by atoms with Crippen molar-refractivity contribution in [2.24, 2.45) is 0 Å². The van der Waals surface area contributed by atoms with Crippen molar-refractivity contribution in [2.45, 2.75) is 64.6 Å². The van der Waals surface area contributed by atoms with Gasteiger partial charge >= 0.3 is 0 Å². The number of methoxy groups -OCH3 is 1. The Morgan fingerprint density at radius 3 is 2.29 bits per heavy atom. The zero-order valence-corrected chi connectivity index (χ0v) is 25.9. The number of aryl methyl sites for hydroxylation is 2. The number of amides is 2. The summed E-state index contributed by atoms with van der Waals surface area (Å²) in [6, 6.07) is 17.5. The lowest BCUT2D eigenvalue weighted by Crippen LogP contribution is -2.52. The van der Waals surface area contributed by atoms with Crippen molar-refractivity contribution in [3.63, 3.8) is 0 Å². The van der Waals surface area contributed by atoms with Gasteiger partial charge < -0.3 is 15.0 Å². The molecule has 0 bridgehead atoms. The third kappa shape index (κ3) is 8.01. The van der Waals surface area contributed by atoms with E-state index in [-0.39, 0.29) is 29.1 Å². The average Bonchev–Trinajstić information content (AvgIpc) is 2.95. The lowest BCUT2D eigenvalue weighted by molar-refractivity contribution is -0.139. The molecule has 3 aromatic carbocycles. The van der Waals surface area contributed by atoms with E-state index in [4.69, 9.17) is 16.3 Å². The number of benzene rings is 3. The first kappa shape index (κ1) is 32.0. The van der Waals surface area contributed by atoms with E-state index in [1.165, 1.54) is 23.1 Å². The van der Waals surface area contributed by atoms with Crippen LogP contribution in [0.5, 0.6) is 5.75 Å². The van der Waals surface area contributed by atoms with Gasteiger partial charge in [0, 0.05) is 17.6 Å². The summed E-state index contributed by atoms with van der Waals surface area (Å²) in [6.45, 7) is 8.67. The van der Waals surface area contributed by atoms with E-state index in [2.05, 4.69) is 5.32 Å². The zero-order chi connectivity index (χ0) is 30.3. The van der Waals surface area contributed by atoms with Crippen molar-refractivity contribution in [1.29, 1.82) is 0 Å². The van der Waals surface area contributed by atoms with Gasteiger partial charge in [-0.05, 0) is 81.6 Å². The predicted molar refractivity (Wildman–Crippen MR) is 163 cm³/mol. The SMILES string of the molecule is CC[C@H](C)NC(=O)[C@H](C)N(Cc1cccc(OC)c1)C(=O)CN(c1ccc(C)c(Cl)c1)S(=O)(=O)c1ccc(C)cc1. The first-order valence-corrected chi connectivity index (χ1v) is 15.3. The molecule has 8 nitrogen and oxygen atoms in total. The fraction of sp³-hybridized carbons (Fsp3) is 0.355. The summed E-state index contributed by atoms with van der Waals surface area (Å²) in [5.41, 5.74) is 2.64. The van der Waals surface area contributed by atoms with Crippen LogP contribution in [0.15, 0.2) is 71.6 Å². The molecule has 3 rings (SSSR count). The first-order chi connectivity index (χ1) is 19.4. The summed E-state index contributed by atoms with van der Waals surface area (Å²) in [4.78, 5) is 28.7. The Morgan fingerprint density at radius 2 is 1.68 bits per heavy atom. The number of anilines is 1. The van der Waals surface area contributed by atoms with Gasteiger partial charge in [0.2, 0.25) is 11.8 Å². The number of carbonyl (C=O) groups is 2. The molecular weight excluding hydrogens is 562 g/mol. The largest absolute Gasteiger partial charge is 0.497 e. The Balaban J connectivity index is 2.06. The van der Waals surface area contributed by atoms with Gasteiger partial charge in [0.05, 0.1) is 17.7 Å². The maximum atomic E-state index is 14.0. The number of nitrogens with zero attached hydrogens (tertiary/aromatic N) is 2. The van der Waals surface area contributed by atoms with E-state index < -0.39 is 28.5 Å². The summed E-state index contributed by atoms with van der Waals surface area (Å²) in [6.07, 6.45) is 0.721. The topological polar surface area (TPSA) is 96.0 Å². The molecule has 2 amide bonds. The van der Waals surface area contributed by atoms with Crippen molar-refractivity contribution in [2.75, 3.05) is 18.0 Å². The highest BCUT2D eigenvalue weighted by molar-refractivity contribution is 7.92. The van der Waals surface area contributed by atoms with Crippen LogP contribution in [0, 0.1) is 13.8 Å². The summed E-state index contributed by atoms with van der Waals surface area (Å²) in [7, 11) is -2.63. The number of nitrogens with one attached hydrogen (secondary N) is 1. The van der Waals surface area contributed by atoms with E-state index in [0.29, 0.717) is 10.8 Å². The third-order valence-corrected chi connectivity index (χ3v) is 9.18. The molecule has 1 N–H and O–H groups in total. The van der Waals surface area contributed by atoms with Crippen molar-refractivity contribution >= 4 is 39.1 Å². The van der Waals surface area contributed by atoms with E-state index in [1.54, 1.807) is 56.5 Å². The van der Waals surface area contributed by atoms with Gasteiger partial charge in [-0.2, -0.15) is 0 Å². The molecule has 41 heavy (non-hydrogen) atoms. The zero-order valence-electron chi connectivity index (χ0n) is 24.3.